The summed E-state index contributed by atoms with van der Waals surface area (Å²) in [5.41, 5.74) is 2.84. The number of hydrogen-bond acceptors (Lipinski definition) is 4. The first-order valence-electron chi connectivity index (χ1n) is 9.36. The number of ether oxygens (including phenoxy) is 1. The Kier molecular flexibility index (Phi) is 5.91. The van der Waals surface area contributed by atoms with Gasteiger partial charge in [0.25, 0.3) is 5.91 Å². The van der Waals surface area contributed by atoms with Crippen LogP contribution in [0.25, 0.3) is 6.08 Å². The van der Waals surface area contributed by atoms with E-state index < -0.39 is 0 Å². The van der Waals surface area contributed by atoms with E-state index in [4.69, 9.17) is 4.74 Å². The fraction of sp³-hybridized carbons (Fsp3) is 0.273. The Hall–Kier alpha value is -3.08. The largest absolute Gasteiger partial charge is 0.419 e. The van der Waals surface area contributed by atoms with Gasteiger partial charge in [0.15, 0.2) is 5.76 Å². The van der Waals surface area contributed by atoms with Gasteiger partial charge in [0.1, 0.15) is 0 Å². The third kappa shape index (κ3) is 4.19. The number of amides is 1. The lowest BCUT2D eigenvalue weighted by molar-refractivity contribution is -0.122. The van der Waals surface area contributed by atoms with E-state index in [0.29, 0.717) is 18.3 Å². The highest BCUT2D eigenvalue weighted by Gasteiger charge is 2.33. The van der Waals surface area contributed by atoms with Gasteiger partial charge in [0, 0.05) is 25.3 Å². The second-order valence-electron chi connectivity index (χ2n) is 6.15. The Morgan fingerprint density at radius 3 is 2.26 bits per heavy atom. The van der Waals surface area contributed by atoms with Crippen molar-refractivity contribution in [3.63, 3.8) is 0 Å². The second-order valence-corrected chi connectivity index (χ2v) is 6.15. The van der Waals surface area contributed by atoms with Crippen molar-refractivity contribution < 1.29 is 9.53 Å². The second kappa shape index (κ2) is 8.54. The van der Waals surface area contributed by atoms with Gasteiger partial charge in [0.2, 0.25) is 0 Å². The molecule has 0 N–H and O–H groups in total. The van der Waals surface area contributed by atoms with Crippen molar-refractivity contribution in [2.45, 2.75) is 20.8 Å². The molecule has 27 heavy (non-hydrogen) atoms. The van der Waals surface area contributed by atoms with Crippen LogP contribution in [0.3, 0.4) is 0 Å². The van der Waals surface area contributed by atoms with Crippen molar-refractivity contribution in [2.24, 2.45) is 4.99 Å². The molecule has 1 aliphatic heterocycles. The number of likely N-dealkylation sites (N-methyl/N-ethyl adjacent to an activating group) is 1. The Morgan fingerprint density at radius 1 is 1.00 bits per heavy atom. The predicted octanol–water partition coefficient (Wildman–Crippen LogP) is 4.44. The number of amidine groups is 1. The average molecular weight is 363 g/mol. The summed E-state index contributed by atoms with van der Waals surface area (Å²) >= 11 is 0. The van der Waals surface area contributed by atoms with Crippen molar-refractivity contribution >= 4 is 29.4 Å². The smallest absolute Gasteiger partial charge is 0.305 e. The first kappa shape index (κ1) is 18.7. The molecule has 5 nitrogen and oxygen atoms in total. The monoisotopic (exact) mass is 363 g/mol. The van der Waals surface area contributed by atoms with Gasteiger partial charge in [-0.15, -0.1) is 0 Å². The lowest BCUT2D eigenvalue weighted by atomic mass is 10.1. The van der Waals surface area contributed by atoms with Crippen LogP contribution >= 0.6 is 0 Å². The summed E-state index contributed by atoms with van der Waals surface area (Å²) in [4.78, 5) is 20.9. The minimum absolute atomic E-state index is 0.167. The maximum Gasteiger partial charge on any atom is 0.305 e. The lowest BCUT2D eigenvalue weighted by Crippen LogP contribution is -2.29. The van der Waals surface area contributed by atoms with Crippen molar-refractivity contribution in [2.75, 3.05) is 24.5 Å². The highest BCUT2D eigenvalue weighted by molar-refractivity contribution is 6.11. The molecular weight excluding hydrogens is 338 g/mol. The van der Waals surface area contributed by atoms with Gasteiger partial charge in [0.05, 0.1) is 5.69 Å². The third-order valence-electron chi connectivity index (χ3n) is 4.50. The molecule has 1 heterocycles. The van der Waals surface area contributed by atoms with E-state index in [1.807, 2.05) is 49.4 Å². The summed E-state index contributed by atoms with van der Waals surface area (Å²) < 4.78 is 5.78. The van der Waals surface area contributed by atoms with Crippen LogP contribution in [0.15, 0.2) is 65.3 Å². The van der Waals surface area contributed by atoms with Gasteiger partial charge in [-0.2, -0.15) is 4.99 Å². The van der Waals surface area contributed by atoms with Crippen LogP contribution in [-0.2, 0) is 9.53 Å². The summed E-state index contributed by atoms with van der Waals surface area (Å²) in [5, 5.41) is 0. The molecule has 1 fully saturated rings. The van der Waals surface area contributed by atoms with Crippen molar-refractivity contribution in [1.29, 1.82) is 0 Å². The molecule has 0 unspecified atom stereocenters. The van der Waals surface area contributed by atoms with E-state index in [2.05, 4.69) is 35.9 Å². The summed E-state index contributed by atoms with van der Waals surface area (Å²) in [6, 6.07) is 17.9. The zero-order valence-electron chi connectivity index (χ0n) is 16.1. The van der Waals surface area contributed by atoms with Crippen LogP contribution in [-0.4, -0.2) is 36.5 Å². The van der Waals surface area contributed by atoms with Gasteiger partial charge in [-0.05, 0) is 56.7 Å². The maximum absolute atomic E-state index is 12.7. The molecule has 0 radical (unpaired) electrons. The van der Waals surface area contributed by atoms with Crippen LogP contribution in [0.4, 0.5) is 11.4 Å². The average Bonchev–Trinajstić information content (AvgIpc) is 2.99. The first-order valence-corrected chi connectivity index (χ1v) is 9.36. The highest BCUT2D eigenvalue weighted by atomic mass is 16.5. The molecule has 2 aromatic rings. The van der Waals surface area contributed by atoms with Crippen molar-refractivity contribution in [3.8, 4) is 0 Å². The number of carbonyl (C=O) groups is 1. The number of nitrogens with zero attached hydrogens (tertiary/aromatic N) is 3. The quantitative estimate of drug-likeness (QED) is 0.713. The topological polar surface area (TPSA) is 45.1 Å². The summed E-state index contributed by atoms with van der Waals surface area (Å²) in [7, 11) is 0. The zero-order valence-corrected chi connectivity index (χ0v) is 16.1. The van der Waals surface area contributed by atoms with E-state index in [1.54, 1.807) is 11.0 Å². The van der Waals surface area contributed by atoms with Crippen LogP contribution in [0.2, 0.25) is 0 Å². The van der Waals surface area contributed by atoms with E-state index in [0.717, 1.165) is 24.3 Å². The predicted molar refractivity (Wildman–Crippen MR) is 110 cm³/mol. The first-order chi connectivity index (χ1) is 13.2. The van der Waals surface area contributed by atoms with Crippen LogP contribution in [0.5, 0.6) is 0 Å². The Balaban J connectivity index is 1.84. The number of para-hydroxylation sites is 1. The Labute approximate surface area is 160 Å². The Bertz CT molecular complexity index is 838. The fourth-order valence-corrected chi connectivity index (χ4v) is 3.00. The lowest BCUT2D eigenvalue weighted by Gasteiger charge is -2.20. The normalized spacial score (nSPS) is 16.9. The molecular formula is C22H25N3O2. The van der Waals surface area contributed by atoms with E-state index in [-0.39, 0.29) is 5.91 Å². The molecule has 1 saturated heterocycles. The van der Waals surface area contributed by atoms with Gasteiger partial charge in [-0.1, -0.05) is 30.3 Å². The van der Waals surface area contributed by atoms with Gasteiger partial charge < -0.3 is 9.64 Å². The molecule has 0 aromatic heterocycles. The summed E-state index contributed by atoms with van der Waals surface area (Å²) in [5.74, 6) is 0.127. The molecule has 140 valence electrons. The minimum atomic E-state index is -0.167. The maximum atomic E-state index is 12.7. The molecule has 0 saturated carbocycles. The highest BCUT2D eigenvalue weighted by Crippen LogP contribution is 2.23. The molecule has 0 bridgehead atoms. The standard InChI is InChI=1S/C22H25N3O2/c1-4-24(5-2)19-14-12-17(13-15-19)16-20-21(26)25(6-3)22(27-20)23-18-10-8-7-9-11-18/h7-16H,4-6H2,1-3H3. The minimum Gasteiger partial charge on any atom is -0.419 e. The van der Waals surface area contributed by atoms with Gasteiger partial charge in [-0.25, -0.2) is 0 Å². The number of carbonyl (C=O) groups excluding carboxylic acids is 1. The van der Waals surface area contributed by atoms with Gasteiger partial charge >= 0.3 is 6.02 Å². The molecule has 0 aliphatic carbocycles. The molecule has 2 aromatic carbocycles. The van der Waals surface area contributed by atoms with Crippen LogP contribution in [0, 0.1) is 0 Å². The zero-order chi connectivity index (χ0) is 19.2. The number of rotatable bonds is 6. The molecule has 0 spiro atoms. The molecule has 5 heteroatoms. The third-order valence-corrected chi connectivity index (χ3v) is 4.50. The van der Waals surface area contributed by atoms with Crippen LogP contribution in [0.1, 0.15) is 26.3 Å². The number of hydrogen-bond donors (Lipinski definition) is 0. The SMILES string of the molecule is CCN1C(=O)C(=Cc2ccc(N(CC)CC)cc2)OC1=Nc1ccccc1. The molecule has 1 aliphatic rings. The van der Waals surface area contributed by atoms with Crippen LogP contribution < -0.4 is 4.90 Å². The van der Waals surface area contributed by atoms with E-state index in [1.165, 1.54) is 5.69 Å². The Morgan fingerprint density at radius 2 is 1.67 bits per heavy atom. The van der Waals surface area contributed by atoms with Gasteiger partial charge in [-0.3, -0.25) is 9.69 Å². The fourth-order valence-electron chi connectivity index (χ4n) is 3.00. The van der Waals surface area contributed by atoms with E-state index >= 15 is 0 Å². The summed E-state index contributed by atoms with van der Waals surface area (Å²) in [6.45, 7) is 8.60. The summed E-state index contributed by atoms with van der Waals surface area (Å²) in [6.07, 6.45) is 1.77. The van der Waals surface area contributed by atoms with Crippen molar-refractivity contribution in [1.82, 2.24) is 4.90 Å². The number of anilines is 1. The van der Waals surface area contributed by atoms with Crippen molar-refractivity contribution in [3.05, 3.63) is 65.9 Å². The van der Waals surface area contributed by atoms with E-state index in [9.17, 15) is 4.79 Å². The number of benzene rings is 2. The molecule has 0 atom stereocenters. The molecule has 1 amide bonds. The number of aliphatic imine (C=N–C) groups is 1. The molecule has 3 rings (SSSR count).